The maximum atomic E-state index is 12.6. The van der Waals surface area contributed by atoms with Gasteiger partial charge in [0, 0.05) is 45.8 Å². The van der Waals surface area contributed by atoms with E-state index in [2.05, 4.69) is 27.3 Å². The van der Waals surface area contributed by atoms with Crippen LogP contribution in [0.25, 0.3) is 0 Å². The third-order valence-electron chi connectivity index (χ3n) is 5.11. The molecule has 31 heavy (non-hydrogen) atoms. The Bertz CT molecular complexity index is 921. The molecule has 0 saturated carbocycles. The highest BCUT2D eigenvalue weighted by Crippen LogP contribution is 2.13. The quantitative estimate of drug-likeness (QED) is 0.354. The summed E-state index contributed by atoms with van der Waals surface area (Å²) in [6.45, 7) is 5.54. The maximum Gasteiger partial charge on any atom is 0.220 e. The molecule has 170 valence electrons. The first-order valence-electron chi connectivity index (χ1n) is 10.5. The molecule has 0 aliphatic carbocycles. The zero-order valence-corrected chi connectivity index (χ0v) is 19.0. The first-order valence-corrected chi connectivity index (χ1v) is 12.1. The van der Waals surface area contributed by atoms with Crippen molar-refractivity contribution in [1.29, 1.82) is 0 Å². The molecule has 2 heterocycles. The molecule has 1 saturated heterocycles. The molecule has 1 aromatic carbocycles. The smallest absolute Gasteiger partial charge is 0.220 e. The number of sulfonamides is 1. The standard InChI is InChI=1S/C21H31N5O4S/c1-18-5-7-20(8-6-18)29-15-4-3-10-23-21(22-2)25-11-13-26(14-12-25)31(27,28)17-19-9-16-30-24-19/h5-9,16H,3-4,10-15,17H2,1-2H3,(H,22,23). The number of guanidine groups is 1. The summed E-state index contributed by atoms with van der Waals surface area (Å²) in [6.07, 6.45) is 3.27. The van der Waals surface area contributed by atoms with Gasteiger partial charge in [0.15, 0.2) is 5.96 Å². The highest BCUT2D eigenvalue weighted by atomic mass is 32.2. The third kappa shape index (κ3) is 6.96. The van der Waals surface area contributed by atoms with E-state index in [1.807, 2.05) is 24.3 Å². The highest BCUT2D eigenvalue weighted by Gasteiger charge is 2.28. The van der Waals surface area contributed by atoms with E-state index in [1.54, 1.807) is 13.1 Å². The van der Waals surface area contributed by atoms with Crippen molar-refractivity contribution in [2.24, 2.45) is 4.99 Å². The van der Waals surface area contributed by atoms with Crippen molar-refractivity contribution in [3.8, 4) is 5.75 Å². The lowest BCUT2D eigenvalue weighted by atomic mass is 10.2. The summed E-state index contributed by atoms with van der Waals surface area (Å²) in [6, 6.07) is 9.63. The van der Waals surface area contributed by atoms with Crippen LogP contribution in [-0.4, -0.2) is 75.1 Å². The van der Waals surface area contributed by atoms with Gasteiger partial charge in [-0.15, -0.1) is 0 Å². The predicted octanol–water partition coefficient (Wildman–Crippen LogP) is 1.87. The molecule has 1 aromatic heterocycles. The van der Waals surface area contributed by atoms with Gasteiger partial charge in [-0.1, -0.05) is 22.9 Å². The minimum atomic E-state index is -3.40. The predicted molar refractivity (Wildman–Crippen MR) is 120 cm³/mol. The van der Waals surface area contributed by atoms with E-state index in [4.69, 9.17) is 9.26 Å². The second kappa shape index (κ2) is 11.1. The van der Waals surface area contributed by atoms with Gasteiger partial charge in [0.25, 0.3) is 0 Å². The number of benzene rings is 1. The molecule has 0 amide bonds. The first kappa shape index (κ1) is 23.1. The number of nitrogens with one attached hydrogen (secondary N) is 1. The van der Waals surface area contributed by atoms with E-state index in [1.165, 1.54) is 16.1 Å². The number of nitrogens with zero attached hydrogens (tertiary/aromatic N) is 4. The maximum absolute atomic E-state index is 12.6. The van der Waals surface area contributed by atoms with E-state index in [0.717, 1.165) is 31.1 Å². The monoisotopic (exact) mass is 449 g/mol. The Hall–Kier alpha value is -2.59. The molecule has 0 unspecified atom stereocenters. The van der Waals surface area contributed by atoms with Crippen molar-refractivity contribution < 1.29 is 17.7 Å². The number of aromatic nitrogens is 1. The number of aryl methyl sites for hydroxylation is 1. The molecule has 0 radical (unpaired) electrons. The topological polar surface area (TPSA) is 100 Å². The number of ether oxygens (including phenoxy) is 1. The Morgan fingerprint density at radius 3 is 2.55 bits per heavy atom. The molecule has 0 bridgehead atoms. The average molecular weight is 450 g/mol. The van der Waals surface area contributed by atoms with Crippen molar-refractivity contribution in [2.45, 2.75) is 25.5 Å². The fourth-order valence-corrected chi connectivity index (χ4v) is 4.78. The molecular weight excluding hydrogens is 418 g/mol. The second-order valence-electron chi connectivity index (χ2n) is 7.48. The highest BCUT2D eigenvalue weighted by molar-refractivity contribution is 7.88. The summed E-state index contributed by atoms with van der Waals surface area (Å²) < 4.78 is 37.1. The minimum Gasteiger partial charge on any atom is -0.494 e. The molecule has 3 rings (SSSR count). The van der Waals surface area contributed by atoms with Crippen LogP contribution >= 0.6 is 0 Å². The van der Waals surface area contributed by atoms with Crippen LogP contribution in [0, 0.1) is 6.92 Å². The first-order chi connectivity index (χ1) is 15.0. The van der Waals surface area contributed by atoms with Crippen LogP contribution in [-0.2, 0) is 15.8 Å². The Kier molecular flexibility index (Phi) is 8.30. The van der Waals surface area contributed by atoms with Gasteiger partial charge in [-0.2, -0.15) is 4.31 Å². The van der Waals surface area contributed by atoms with Crippen LogP contribution in [0.1, 0.15) is 24.1 Å². The summed E-state index contributed by atoms with van der Waals surface area (Å²) >= 11 is 0. The summed E-state index contributed by atoms with van der Waals surface area (Å²) in [5, 5.41) is 7.06. The van der Waals surface area contributed by atoms with E-state index < -0.39 is 10.0 Å². The zero-order chi connectivity index (χ0) is 22.1. The Morgan fingerprint density at radius 1 is 1.16 bits per heavy atom. The van der Waals surface area contributed by atoms with Crippen LogP contribution in [0.4, 0.5) is 0 Å². The van der Waals surface area contributed by atoms with Gasteiger partial charge in [0.1, 0.15) is 17.8 Å². The molecule has 9 nitrogen and oxygen atoms in total. The fourth-order valence-electron chi connectivity index (χ4n) is 3.35. The normalized spacial score (nSPS) is 15.8. The number of hydrogen-bond acceptors (Lipinski definition) is 6. The summed E-state index contributed by atoms with van der Waals surface area (Å²) in [4.78, 5) is 6.43. The van der Waals surface area contributed by atoms with Crippen LogP contribution < -0.4 is 10.1 Å². The van der Waals surface area contributed by atoms with Gasteiger partial charge in [-0.05, 0) is 31.9 Å². The van der Waals surface area contributed by atoms with Gasteiger partial charge in [-0.3, -0.25) is 4.99 Å². The van der Waals surface area contributed by atoms with Crippen molar-refractivity contribution in [3.63, 3.8) is 0 Å². The number of unbranched alkanes of at least 4 members (excludes halogenated alkanes) is 1. The molecule has 10 heteroatoms. The third-order valence-corrected chi connectivity index (χ3v) is 6.92. The van der Waals surface area contributed by atoms with E-state index in [-0.39, 0.29) is 5.75 Å². The number of hydrogen-bond donors (Lipinski definition) is 1. The van der Waals surface area contributed by atoms with Gasteiger partial charge in [0.05, 0.1) is 12.3 Å². The molecular formula is C21H31N5O4S. The molecule has 1 aliphatic rings. The largest absolute Gasteiger partial charge is 0.494 e. The number of piperazine rings is 1. The number of aliphatic imine (C=N–C) groups is 1. The lowest BCUT2D eigenvalue weighted by Gasteiger charge is -2.35. The van der Waals surface area contributed by atoms with Crippen molar-refractivity contribution >= 4 is 16.0 Å². The van der Waals surface area contributed by atoms with Gasteiger partial charge in [-0.25, -0.2) is 8.42 Å². The summed E-state index contributed by atoms with van der Waals surface area (Å²) in [5.41, 5.74) is 1.64. The van der Waals surface area contributed by atoms with Crippen molar-refractivity contribution in [3.05, 3.63) is 47.9 Å². The summed E-state index contributed by atoms with van der Waals surface area (Å²) in [7, 11) is -1.66. The fraction of sp³-hybridized carbons (Fsp3) is 0.524. The van der Waals surface area contributed by atoms with Crippen LogP contribution in [0.5, 0.6) is 5.75 Å². The van der Waals surface area contributed by atoms with Crippen molar-refractivity contribution in [1.82, 2.24) is 19.7 Å². The molecule has 0 atom stereocenters. The zero-order valence-electron chi connectivity index (χ0n) is 18.2. The van der Waals surface area contributed by atoms with Crippen molar-refractivity contribution in [2.75, 3.05) is 46.4 Å². The molecule has 1 aliphatic heterocycles. The van der Waals surface area contributed by atoms with E-state index >= 15 is 0 Å². The Morgan fingerprint density at radius 2 is 1.90 bits per heavy atom. The van der Waals surface area contributed by atoms with Gasteiger partial charge in [0.2, 0.25) is 10.0 Å². The van der Waals surface area contributed by atoms with E-state index in [0.29, 0.717) is 38.5 Å². The minimum absolute atomic E-state index is 0.138. The van der Waals surface area contributed by atoms with E-state index in [9.17, 15) is 8.42 Å². The number of rotatable bonds is 9. The molecule has 2 aromatic rings. The van der Waals surface area contributed by atoms with Crippen LogP contribution in [0.3, 0.4) is 0 Å². The average Bonchev–Trinajstić information content (AvgIpc) is 3.27. The second-order valence-corrected chi connectivity index (χ2v) is 9.44. The SMILES string of the molecule is CN=C(NCCCCOc1ccc(C)cc1)N1CCN(S(=O)(=O)Cc2ccon2)CC1. The lowest BCUT2D eigenvalue weighted by Crippen LogP contribution is -2.54. The molecule has 0 spiro atoms. The molecule has 1 N–H and O–H groups in total. The lowest BCUT2D eigenvalue weighted by molar-refractivity contribution is 0.259. The van der Waals surface area contributed by atoms with Crippen LogP contribution in [0.15, 0.2) is 46.1 Å². The Balaban J connectivity index is 1.34. The summed E-state index contributed by atoms with van der Waals surface area (Å²) in [5.74, 6) is 1.56. The van der Waals surface area contributed by atoms with Crippen LogP contribution in [0.2, 0.25) is 0 Å². The van der Waals surface area contributed by atoms with Gasteiger partial charge >= 0.3 is 0 Å². The van der Waals surface area contributed by atoms with Gasteiger partial charge < -0.3 is 19.5 Å². The molecule has 1 fully saturated rings. The Labute approximate surface area is 184 Å².